The van der Waals surface area contributed by atoms with Gasteiger partial charge in [0, 0.05) is 18.7 Å². The van der Waals surface area contributed by atoms with Crippen LogP contribution in [0.15, 0.2) is 36.8 Å². The van der Waals surface area contributed by atoms with Crippen molar-refractivity contribution >= 4 is 11.6 Å². The number of aromatic nitrogens is 5. The van der Waals surface area contributed by atoms with Crippen molar-refractivity contribution < 1.29 is 4.74 Å². The SMILES string of the molecule is COc1cc(-c2ncn(C)n2)cc(-n2nccc2Cl)c1. The molecular weight excluding hydrogens is 278 g/mol. The summed E-state index contributed by atoms with van der Waals surface area (Å²) in [6.07, 6.45) is 3.29. The van der Waals surface area contributed by atoms with Gasteiger partial charge < -0.3 is 4.74 Å². The average Bonchev–Trinajstić information content (AvgIpc) is 3.07. The first kappa shape index (κ1) is 12.7. The molecule has 3 rings (SSSR count). The molecule has 0 spiro atoms. The molecule has 0 atom stereocenters. The van der Waals surface area contributed by atoms with Crippen molar-refractivity contribution in [3.8, 4) is 22.8 Å². The van der Waals surface area contributed by atoms with E-state index in [1.165, 1.54) is 0 Å². The summed E-state index contributed by atoms with van der Waals surface area (Å²) in [4.78, 5) is 4.24. The van der Waals surface area contributed by atoms with Crippen molar-refractivity contribution in [2.45, 2.75) is 0 Å². The first-order valence-corrected chi connectivity index (χ1v) is 6.30. The van der Waals surface area contributed by atoms with E-state index >= 15 is 0 Å². The first-order chi connectivity index (χ1) is 9.67. The number of ether oxygens (including phenoxy) is 1. The predicted octanol–water partition coefficient (Wildman–Crippen LogP) is 2.33. The fourth-order valence-electron chi connectivity index (χ4n) is 1.90. The third-order valence-corrected chi connectivity index (χ3v) is 3.11. The van der Waals surface area contributed by atoms with Crippen LogP contribution < -0.4 is 4.74 Å². The van der Waals surface area contributed by atoms with Gasteiger partial charge in [-0.25, -0.2) is 9.67 Å². The molecule has 1 aromatic carbocycles. The molecule has 2 heterocycles. The van der Waals surface area contributed by atoms with Gasteiger partial charge in [0.25, 0.3) is 0 Å². The summed E-state index contributed by atoms with van der Waals surface area (Å²) >= 11 is 6.10. The van der Waals surface area contributed by atoms with E-state index in [9.17, 15) is 0 Å². The Morgan fingerprint density at radius 2 is 2.10 bits per heavy atom. The van der Waals surface area contributed by atoms with E-state index in [1.807, 2.05) is 25.2 Å². The molecule has 20 heavy (non-hydrogen) atoms. The molecule has 0 aliphatic rings. The van der Waals surface area contributed by atoms with Crippen LogP contribution in [0.25, 0.3) is 17.1 Å². The second-order valence-corrected chi connectivity index (χ2v) is 4.61. The lowest BCUT2D eigenvalue weighted by Crippen LogP contribution is -1.98. The molecular formula is C13H12ClN5O. The van der Waals surface area contributed by atoms with Gasteiger partial charge in [-0.2, -0.15) is 10.2 Å². The fourth-order valence-corrected chi connectivity index (χ4v) is 2.10. The van der Waals surface area contributed by atoms with Gasteiger partial charge in [0.2, 0.25) is 0 Å². The first-order valence-electron chi connectivity index (χ1n) is 5.92. The van der Waals surface area contributed by atoms with Gasteiger partial charge in [0.05, 0.1) is 19.0 Å². The Balaban J connectivity index is 2.15. The number of rotatable bonds is 3. The minimum Gasteiger partial charge on any atom is -0.497 e. The Morgan fingerprint density at radius 3 is 2.70 bits per heavy atom. The zero-order chi connectivity index (χ0) is 14.1. The molecule has 0 fully saturated rings. The maximum absolute atomic E-state index is 6.10. The summed E-state index contributed by atoms with van der Waals surface area (Å²) in [5.74, 6) is 1.31. The highest BCUT2D eigenvalue weighted by Crippen LogP contribution is 2.27. The number of nitrogens with zero attached hydrogens (tertiary/aromatic N) is 5. The van der Waals surface area contributed by atoms with Gasteiger partial charge >= 0.3 is 0 Å². The Kier molecular flexibility index (Phi) is 3.15. The van der Waals surface area contributed by atoms with Crippen molar-refractivity contribution in [3.05, 3.63) is 41.9 Å². The normalized spacial score (nSPS) is 10.8. The second-order valence-electron chi connectivity index (χ2n) is 4.23. The molecule has 0 amide bonds. The van der Waals surface area contributed by atoms with E-state index in [2.05, 4.69) is 15.2 Å². The van der Waals surface area contributed by atoms with Crippen LogP contribution in [0.1, 0.15) is 0 Å². The van der Waals surface area contributed by atoms with Gasteiger partial charge in [-0.1, -0.05) is 11.6 Å². The standard InChI is InChI=1S/C13H12ClN5O/c1-18-8-15-13(17-18)9-5-10(7-11(6-9)20-2)19-12(14)3-4-16-19/h3-8H,1-2H3. The molecule has 7 heteroatoms. The quantitative estimate of drug-likeness (QED) is 0.742. The van der Waals surface area contributed by atoms with Crippen LogP contribution in [0.2, 0.25) is 5.15 Å². The average molecular weight is 290 g/mol. The summed E-state index contributed by atoms with van der Waals surface area (Å²) in [6.45, 7) is 0. The molecule has 3 aromatic rings. The highest BCUT2D eigenvalue weighted by atomic mass is 35.5. The summed E-state index contributed by atoms with van der Waals surface area (Å²) in [5, 5.41) is 9.00. The van der Waals surface area contributed by atoms with Crippen LogP contribution >= 0.6 is 11.6 Å². The largest absolute Gasteiger partial charge is 0.497 e. The van der Waals surface area contributed by atoms with E-state index in [0.717, 1.165) is 11.3 Å². The van der Waals surface area contributed by atoms with E-state index in [4.69, 9.17) is 16.3 Å². The van der Waals surface area contributed by atoms with E-state index in [0.29, 0.717) is 16.7 Å². The van der Waals surface area contributed by atoms with Gasteiger partial charge in [-0.3, -0.25) is 4.68 Å². The summed E-state index contributed by atoms with van der Waals surface area (Å²) in [5.41, 5.74) is 1.63. The van der Waals surface area contributed by atoms with Crippen molar-refractivity contribution in [1.29, 1.82) is 0 Å². The minimum atomic E-state index is 0.526. The maximum Gasteiger partial charge on any atom is 0.181 e. The number of aryl methyl sites for hydroxylation is 1. The molecule has 2 aromatic heterocycles. The molecule has 0 N–H and O–H groups in total. The highest BCUT2D eigenvalue weighted by Gasteiger charge is 2.10. The van der Waals surface area contributed by atoms with Crippen molar-refractivity contribution in [1.82, 2.24) is 24.5 Å². The van der Waals surface area contributed by atoms with Gasteiger partial charge in [0.15, 0.2) is 5.82 Å². The van der Waals surface area contributed by atoms with Crippen molar-refractivity contribution in [2.75, 3.05) is 7.11 Å². The topological polar surface area (TPSA) is 57.8 Å². The molecule has 0 bridgehead atoms. The monoisotopic (exact) mass is 289 g/mol. The third-order valence-electron chi connectivity index (χ3n) is 2.83. The van der Waals surface area contributed by atoms with Crippen LogP contribution in [0.3, 0.4) is 0 Å². The van der Waals surface area contributed by atoms with Crippen LogP contribution in [0.5, 0.6) is 5.75 Å². The molecule has 0 radical (unpaired) electrons. The number of benzene rings is 1. The summed E-state index contributed by atoms with van der Waals surface area (Å²) in [6, 6.07) is 7.36. The Labute approximate surface area is 120 Å². The summed E-state index contributed by atoms with van der Waals surface area (Å²) < 4.78 is 8.58. The molecule has 0 unspecified atom stereocenters. The number of hydrogen-bond donors (Lipinski definition) is 0. The van der Waals surface area contributed by atoms with Crippen LogP contribution in [0, 0.1) is 0 Å². The molecule has 0 aliphatic heterocycles. The fraction of sp³-hybridized carbons (Fsp3) is 0.154. The highest BCUT2D eigenvalue weighted by molar-refractivity contribution is 6.29. The summed E-state index contributed by atoms with van der Waals surface area (Å²) in [7, 11) is 3.43. The van der Waals surface area contributed by atoms with Crippen molar-refractivity contribution in [3.63, 3.8) is 0 Å². The van der Waals surface area contributed by atoms with Gasteiger partial charge in [0.1, 0.15) is 17.2 Å². The molecule has 0 saturated heterocycles. The molecule has 0 saturated carbocycles. The van der Waals surface area contributed by atoms with Crippen molar-refractivity contribution in [2.24, 2.45) is 7.05 Å². The lowest BCUT2D eigenvalue weighted by Gasteiger charge is -2.08. The smallest absolute Gasteiger partial charge is 0.181 e. The zero-order valence-corrected chi connectivity index (χ0v) is 11.7. The van der Waals surface area contributed by atoms with Crippen LogP contribution in [-0.4, -0.2) is 31.7 Å². The van der Waals surface area contributed by atoms with Crippen LogP contribution in [0.4, 0.5) is 0 Å². The van der Waals surface area contributed by atoms with Gasteiger partial charge in [-0.05, 0) is 18.2 Å². The number of halogens is 1. The Bertz CT molecular complexity index is 749. The van der Waals surface area contributed by atoms with E-state index < -0.39 is 0 Å². The predicted molar refractivity (Wildman–Crippen MR) is 75.1 cm³/mol. The molecule has 0 aliphatic carbocycles. The minimum absolute atomic E-state index is 0.526. The third kappa shape index (κ3) is 2.25. The Hall–Kier alpha value is -2.34. The van der Waals surface area contributed by atoms with Gasteiger partial charge in [-0.15, -0.1) is 0 Å². The molecule has 6 nitrogen and oxygen atoms in total. The second kappa shape index (κ2) is 4.97. The lowest BCUT2D eigenvalue weighted by atomic mass is 10.2. The number of hydrogen-bond acceptors (Lipinski definition) is 4. The maximum atomic E-state index is 6.10. The lowest BCUT2D eigenvalue weighted by molar-refractivity contribution is 0.414. The Morgan fingerprint density at radius 1 is 1.25 bits per heavy atom. The van der Waals surface area contributed by atoms with E-state index in [-0.39, 0.29) is 0 Å². The zero-order valence-electron chi connectivity index (χ0n) is 11.0. The molecule has 102 valence electrons. The van der Waals surface area contributed by atoms with E-state index in [1.54, 1.807) is 35.1 Å². The number of methoxy groups -OCH3 is 1. The van der Waals surface area contributed by atoms with Crippen LogP contribution in [-0.2, 0) is 7.05 Å².